The molecule has 2 aromatic carbocycles. The van der Waals surface area contributed by atoms with Crippen LogP contribution in [0.5, 0.6) is 0 Å². The summed E-state index contributed by atoms with van der Waals surface area (Å²) in [7, 11) is -2.77. The van der Waals surface area contributed by atoms with Crippen LogP contribution < -0.4 is 10.0 Å². The number of carbonyl (C=O) groups is 1. The van der Waals surface area contributed by atoms with Crippen LogP contribution in [0.3, 0.4) is 0 Å². The molecule has 0 heterocycles. The molecule has 0 aliphatic heterocycles. The second-order valence-electron chi connectivity index (χ2n) is 7.50. The molecule has 28 heavy (non-hydrogen) atoms. The third-order valence-corrected chi connectivity index (χ3v) is 5.52. The van der Waals surface area contributed by atoms with Crippen molar-refractivity contribution in [3.05, 3.63) is 58.9 Å². The number of rotatable bonds is 6. The summed E-state index contributed by atoms with van der Waals surface area (Å²) >= 11 is 0. The molecular formula is C20H25FN2O4S. The Labute approximate surface area is 165 Å². The quantitative estimate of drug-likeness (QED) is 0.714. The van der Waals surface area contributed by atoms with E-state index in [1.165, 1.54) is 18.2 Å². The summed E-state index contributed by atoms with van der Waals surface area (Å²) in [5, 5.41) is 3.34. The molecule has 2 aromatic rings. The lowest BCUT2D eigenvalue weighted by molar-refractivity contribution is 0.0595. The highest BCUT2D eigenvalue weighted by Crippen LogP contribution is 2.22. The van der Waals surface area contributed by atoms with Gasteiger partial charge in [0.2, 0.25) is 0 Å². The fourth-order valence-corrected chi connectivity index (χ4v) is 3.83. The minimum atomic E-state index is -3.91. The first-order chi connectivity index (χ1) is 12.9. The van der Waals surface area contributed by atoms with Gasteiger partial charge in [-0.1, -0.05) is 12.1 Å². The molecule has 0 amide bonds. The Hall–Kier alpha value is -2.45. The van der Waals surface area contributed by atoms with Gasteiger partial charge in [0.05, 0.1) is 23.3 Å². The average Bonchev–Trinajstić information content (AvgIpc) is 2.58. The number of aryl methyl sites for hydroxylation is 1. The van der Waals surface area contributed by atoms with Gasteiger partial charge in [0.15, 0.2) is 0 Å². The van der Waals surface area contributed by atoms with Gasteiger partial charge in [-0.25, -0.2) is 17.6 Å². The number of sulfonamides is 1. The van der Waals surface area contributed by atoms with E-state index in [4.69, 9.17) is 0 Å². The zero-order valence-electron chi connectivity index (χ0n) is 16.6. The molecule has 0 aliphatic rings. The van der Waals surface area contributed by atoms with Crippen LogP contribution in [0.4, 0.5) is 10.1 Å². The number of methoxy groups -OCH3 is 1. The third kappa shape index (κ3) is 5.53. The molecule has 6 nitrogen and oxygen atoms in total. The number of ether oxygens (including phenoxy) is 1. The van der Waals surface area contributed by atoms with Crippen LogP contribution in [0.1, 0.15) is 42.3 Å². The lowest BCUT2D eigenvalue weighted by Gasteiger charge is -2.21. The van der Waals surface area contributed by atoms with Crippen LogP contribution in [-0.2, 0) is 21.3 Å². The Kier molecular flexibility index (Phi) is 6.46. The fourth-order valence-electron chi connectivity index (χ4n) is 2.55. The smallest absolute Gasteiger partial charge is 0.340 e. The predicted molar refractivity (Wildman–Crippen MR) is 106 cm³/mol. The van der Waals surface area contributed by atoms with Crippen molar-refractivity contribution in [2.45, 2.75) is 44.7 Å². The molecule has 0 aliphatic carbocycles. The first kappa shape index (κ1) is 21.8. The first-order valence-corrected chi connectivity index (χ1v) is 10.2. The van der Waals surface area contributed by atoms with E-state index in [-0.39, 0.29) is 21.7 Å². The van der Waals surface area contributed by atoms with E-state index < -0.39 is 21.8 Å². The summed E-state index contributed by atoms with van der Waals surface area (Å²) in [5.74, 6) is -1.70. The molecule has 8 heteroatoms. The number of nitrogens with one attached hydrogen (secondary N) is 2. The number of esters is 1. The molecule has 0 saturated carbocycles. The molecule has 0 atom stereocenters. The van der Waals surface area contributed by atoms with Crippen LogP contribution in [-0.4, -0.2) is 27.0 Å². The van der Waals surface area contributed by atoms with Gasteiger partial charge in [0.25, 0.3) is 10.0 Å². The van der Waals surface area contributed by atoms with E-state index in [2.05, 4.69) is 14.8 Å². The number of hydrogen-bond donors (Lipinski definition) is 2. The summed E-state index contributed by atoms with van der Waals surface area (Å²) < 4.78 is 46.2. The van der Waals surface area contributed by atoms with Crippen LogP contribution in [0, 0.1) is 12.7 Å². The summed E-state index contributed by atoms with van der Waals surface area (Å²) in [6.45, 7) is 8.46. The van der Waals surface area contributed by atoms with Gasteiger partial charge < -0.3 is 10.1 Å². The molecule has 0 aromatic heterocycles. The van der Waals surface area contributed by atoms with E-state index in [1.54, 1.807) is 19.1 Å². The Morgan fingerprint density at radius 3 is 2.36 bits per heavy atom. The second-order valence-corrected chi connectivity index (χ2v) is 9.15. The normalized spacial score (nSPS) is 11.9. The molecule has 0 saturated heterocycles. The Morgan fingerprint density at radius 1 is 1.14 bits per heavy atom. The van der Waals surface area contributed by atoms with E-state index in [9.17, 15) is 17.6 Å². The number of carbonyl (C=O) groups excluding carboxylic acids is 1. The van der Waals surface area contributed by atoms with Crippen molar-refractivity contribution < 1.29 is 22.3 Å². The van der Waals surface area contributed by atoms with Gasteiger partial charge in [0.1, 0.15) is 5.82 Å². The van der Waals surface area contributed by atoms with Crippen molar-refractivity contribution in [1.82, 2.24) is 5.32 Å². The van der Waals surface area contributed by atoms with E-state index in [0.29, 0.717) is 12.1 Å². The first-order valence-electron chi connectivity index (χ1n) is 8.68. The molecule has 2 rings (SSSR count). The lowest BCUT2D eigenvalue weighted by Crippen LogP contribution is -2.35. The topological polar surface area (TPSA) is 84.5 Å². The maximum absolute atomic E-state index is 14.0. The minimum absolute atomic E-state index is 0.0167. The summed E-state index contributed by atoms with van der Waals surface area (Å²) in [5.41, 5.74) is 1.23. The highest BCUT2D eigenvalue weighted by molar-refractivity contribution is 7.92. The molecule has 0 unspecified atom stereocenters. The van der Waals surface area contributed by atoms with E-state index in [1.807, 2.05) is 20.8 Å². The van der Waals surface area contributed by atoms with Crippen molar-refractivity contribution in [3.63, 3.8) is 0 Å². The molecule has 0 spiro atoms. The standard InChI is InChI=1S/C20H25FN2O4S/c1-13-10-14(12-22-20(2,3)4)6-9-18(13)28(25,26)23-15-7-8-16(17(21)11-15)19(24)27-5/h6-11,22-23H,12H2,1-5H3. The fraction of sp³-hybridized carbons (Fsp3) is 0.350. The van der Waals surface area contributed by atoms with Crippen LogP contribution in [0.15, 0.2) is 41.3 Å². The van der Waals surface area contributed by atoms with Crippen molar-refractivity contribution in [3.8, 4) is 0 Å². The van der Waals surface area contributed by atoms with Crippen LogP contribution in [0.2, 0.25) is 0 Å². The number of halogens is 1. The van der Waals surface area contributed by atoms with Gasteiger partial charge in [-0.2, -0.15) is 0 Å². The highest BCUT2D eigenvalue weighted by atomic mass is 32.2. The highest BCUT2D eigenvalue weighted by Gasteiger charge is 2.19. The number of anilines is 1. The zero-order valence-corrected chi connectivity index (χ0v) is 17.4. The Bertz CT molecular complexity index is 982. The summed E-state index contributed by atoms with van der Waals surface area (Å²) in [6, 6.07) is 8.49. The van der Waals surface area contributed by atoms with E-state index in [0.717, 1.165) is 18.7 Å². The number of benzene rings is 2. The van der Waals surface area contributed by atoms with Gasteiger partial charge in [-0.3, -0.25) is 4.72 Å². The van der Waals surface area contributed by atoms with Gasteiger partial charge >= 0.3 is 5.97 Å². The monoisotopic (exact) mass is 408 g/mol. The Morgan fingerprint density at radius 2 is 1.82 bits per heavy atom. The van der Waals surface area contributed by atoms with E-state index >= 15 is 0 Å². The second kappa shape index (κ2) is 8.28. The predicted octanol–water partition coefficient (Wildman–Crippen LogP) is 3.61. The van der Waals surface area contributed by atoms with Crippen molar-refractivity contribution in [1.29, 1.82) is 0 Å². The van der Waals surface area contributed by atoms with Crippen molar-refractivity contribution in [2.75, 3.05) is 11.8 Å². The molecule has 2 N–H and O–H groups in total. The third-order valence-electron chi connectivity index (χ3n) is 3.98. The van der Waals surface area contributed by atoms with Gasteiger partial charge in [-0.05, 0) is 63.1 Å². The van der Waals surface area contributed by atoms with Crippen LogP contribution >= 0.6 is 0 Å². The maximum atomic E-state index is 14.0. The molecule has 0 radical (unpaired) electrons. The molecule has 152 valence electrons. The molecule has 0 fully saturated rings. The maximum Gasteiger partial charge on any atom is 0.340 e. The summed E-state index contributed by atoms with van der Waals surface area (Å²) in [4.78, 5) is 11.5. The SMILES string of the molecule is COC(=O)c1ccc(NS(=O)(=O)c2ccc(CNC(C)(C)C)cc2C)cc1F. The van der Waals surface area contributed by atoms with Gasteiger partial charge in [-0.15, -0.1) is 0 Å². The average molecular weight is 408 g/mol. The largest absolute Gasteiger partial charge is 0.465 e. The molecular weight excluding hydrogens is 383 g/mol. The van der Waals surface area contributed by atoms with Crippen LogP contribution in [0.25, 0.3) is 0 Å². The Balaban J connectivity index is 2.23. The van der Waals surface area contributed by atoms with Crippen molar-refractivity contribution in [2.24, 2.45) is 0 Å². The molecule has 0 bridgehead atoms. The lowest BCUT2D eigenvalue weighted by atomic mass is 10.1. The minimum Gasteiger partial charge on any atom is -0.465 e. The zero-order chi connectivity index (χ0) is 21.1. The summed E-state index contributed by atoms with van der Waals surface area (Å²) in [6.07, 6.45) is 0. The van der Waals surface area contributed by atoms with Gasteiger partial charge in [0, 0.05) is 12.1 Å². The van der Waals surface area contributed by atoms with Crippen molar-refractivity contribution >= 4 is 21.7 Å². The number of hydrogen-bond acceptors (Lipinski definition) is 5.